The van der Waals surface area contributed by atoms with Crippen LogP contribution in [0.2, 0.25) is 0 Å². The Morgan fingerprint density at radius 2 is 2.12 bits per heavy atom. The zero-order valence-corrected chi connectivity index (χ0v) is 11.9. The van der Waals surface area contributed by atoms with E-state index in [-0.39, 0.29) is 11.3 Å². The SMILES string of the molecule is O=C(Cc1ccc(Br)cc1)N1CCCC(Cl)C1. The van der Waals surface area contributed by atoms with Gasteiger partial charge in [0.15, 0.2) is 0 Å². The van der Waals surface area contributed by atoms with Crippen LogP contribution in [0.1, 0.15) is 18.4 Å². The first-order chi connectivity index (χ1) is 8.15. The number of piperidine rings is 1. The normalized spacial score (nSPS) is 20.4. The fraction of sp³-hybridized carbons (Fsp3) is 0.462. The van der Waals surface area contributed by atoms with E-state index in [0.29, 0.717) is 13.0 Å². The zero-order chi connectivity index (χ0) is 12.3. The highest BCUT2D eigenvalue weighted by molar-refractivity contribution is 9.10. The van der Waals surface area contributed by atoms with Gasteiger partial charge in [0.1, 0.15) is 0 Å². The average molecular weight is 317 g/mol. The first kappa shape index (κ1) is 12.9. The number of nitrogens with zero attached hydrogens (tertiary/aromatic N) is 1. The van der Waals surface area contributed by atoms with Crippen molar-refractivity contribution in [3.63, 3.8) is 0 Å². The van der Waals surface area contributed by atoms with Gasteiger partial charge in [0.05, 0.1) is 11.8 Å². The van der Waals surface area contributed by atoms with E-state index >= 15 is 0 Å². The summed E-state index contributed by atoms with van der Waals surface area (Å²) in [6.45, 7) is 1.54. The minimum Gasteiger partial charge on any atom is -0.341 e. The molecule has 1 aliphatic heterocycles. The van der Waals surface area contributed by atoms with Crippen LogP contribution in [0.3, 0.4) is 0 Å². The van der Waals surface area contributed by atoms with Gasteiger partial charge in [-0.15, -0.1) is 11.6 Å². The Balaban J connectivity index is 1.94. The molecule has 1 aliphatic rings. The molecule has 4 heteroatoms. The second-order valence-corrected chi connectivity index (χ2v) is 5.92. The molecule has 0 spiro atoms. The Bertz CT molecular complexity index is 393. The lowest BCUT2D eigenvalue weighted by Crippen LogP contribution is -2.41. The molecule has 0 radical (unpaired) electrons. The molecule has 1 unspecified atom stereocenters. The lowest BCUT2D eigenvalue weighted by Gasteiger charge is -2.29. The molecular weight excluding hydrogens is 302 g/mol. The van der Waals surface area contributed by atoms with E-state index in [0.717, 1.165) is 29.4 Å². The van der Waals surface area contributed by atoms with Gasteiger partial charge in [-0.05, 0) is 30.5 Å². The highest BCUT2D eigenvalue weighted by atomic mass is 79.9. The predicted molar refractivity (Wildman–Crippen MR) is 73.3 cm³/mol. The van der Waals surface area contributed by atoms with Crippen LogP contribution in [0.15, 0.2) is 28.7 Å². The molecule has 92 valence electrons. The van der Waals surface area contributed by atoms with Gasteiger partial charge < -0.3 is 4.90 Å². The molecule has 2 rings (SSSR count). The summed E-state index contributed by atoms with van der Waals surface area (Å²) in [5.41, 5.74) is 1.05. The van der Waals surface area contributed by atoms with Crippen LogP contribution in [0.4, 0.5) is 0 Å². The minimum absolute atomic E-state index is 0.123. The molecule has 0 aliphatic carbocycles. The number of carbonyl (C=O) groups is 1. The van der Waals surface area contributed by atoms with Crippen molar-refractivity contribution in [1.82, 2.24) is 4.90 Å². The van der Waals surface area contributed by atoms with Gasteiger partial charge in [-0.25, -0.2) is 0 Å². The van der Waals surface area contributed by atoms with Crippen LogP contribution in [-0.4, -0.2) is 29.3 Å². The number of carbonyl (C=O) groups excluding carboxylic acids is 1. The molecule has 0 aromatic heterocycles. The van der Waals surface area contributed by atoms with Crippen molar-refractivity contribution in [3.8, 4) is 0 Å². The third kappa shape index (κ3) is 3.71. The van der Waals surface area contributed by atoms with E-state index in [9.17, 15) is 4.79 Å². The van der Waals surface area contributed by atoms with E-state index < -0.39 is 0 Å². The Hall–Kier alpha value is -0.540. The van der Waals surface area contributed by atoms with Crippen molar-refractivity contribution in [2.75, 3.05) is 13.1 Å². The van der Waals surface area contributed by atoms with Crippen molar-refractivity contribution in [3.05, 3.63) is 34.3 Å². The highest BCUT2D eigenvalue weighted by Gasteiger charge is 2.21. The number of benzene rings is 1. The minimum atomic E-state index is 0.123. The largest absolute Gasteiger partial charge is 0.341 e. The number of halogens is 2. The molecule has 17 heavy (non-hydrogen) atoms. The molecule has 0 bridgehead atoms. The van der Waals surface area contributed by atoms with E-state index in [1.54, 1.807) is 0 Å². The fourth-order valence-electron chi connectivity index (χ4n) is 2.04. The van der Waals surface area contributed by atoms with Gasteiger partial charge in [0, 0.05) is 17.6 Å². The second kappa shape index (κ2) is 5.87. The maximum atomic E-state index is 12.1. The molecule has 1 aromatic carbocycles. The van der Waals surface area contributed by atoms with E-state index in [1.165, 1.54) is 0 Å². The van der Waals surface area contributed by atoms with Crippen molar-refractivity contribution in [2.45, 2.75) is 24.6 Å². The van der Waals surface area contributed by atoms with Crippen LogP contribution in [0.25, 0.3) is 0 Å². The molecule has 1 saturated heterocycles. The zero-order valence-electron chi connectivity index (χ0n) is 9.53. The molecule has 1 fully saturated rings. The lowest BCUT2D eigenvalue weighted by atomic mass is 10.1. The lowest BCUT2D eigenvalue weighted by molar-refractivity contribution is -0.131. The second-order valence-electron chi connectivity index (χ2n) is 4.38. The molecule has 1 aromatic rings. The monoisotopic (exact) mass is 315 g/mol. The number of hydrogen-bond acceptors (Lipinski definition) is 1. The maximum absolute atomic E-state index is 12.1. The van der Waals surface area contributed by atoms with Crippen molar-refractivity contribution in [1.29, 1.82) is 0 Å². The van der Waals surface area contributed by atoms with Crippen LogP contribution >= 0.6 is 27.5 Å². The number of amides is 1. The molecule has 0 saturated carbocycles. The van der Waals surface area contributed by atoms with Gasteiger partial charge in [-0.1, -0.05) is 28.1 Å². The van der Waals surface area contributed by atoms with Crippen molar-refractivity contribution >= 4 is 33.4 Å². The summed E-state index contributed by atoms with van der Waals surface area (Å²) < 4.78 is 1.03. The molecule has 1 atom stereocenters. The smallest absolute Gasteiger partial charge is 0.227 e. The van der Waals surface area contributed by atoms with Crippen LogP contribution in [0.5, 0.6) is 0 Å². The first-order valence-electron chi connectivity index (χ1n) is 5.81. The molecule has 1 heterocycles. The number of likely N-dealkylation sites (tertiary alicyclic amines) is 1. The summed E-state index contributed by atoms with van der Waals surface area (Å²) in [6.07, 6.45) is 2.50. The van der Waals surface area contributed by atoms with Gasteiger partial charge >= 0.3 is 0 Å². The summed E-state index contributed by atoms with van der Waals surface area (Å²) >= 11 is 9.46. The molecule has 2 nitrogen and oxygen atoms in total. The van der Waals surface area contributed by atoms with Crippen LogP contribution in [0, 0.1) is 0 Å². The Morgan fingerprint density at radius 3 is 2.76 bits per heavy atom. The topological polar surface area (TPSA) is 20.3 Å². The third-order valence-corrected chi connectivity index (χ3v) is 3.87. The Kier molecular flexibility index (Phi) is 4.46. The number of hydrogen-bond donors (Lipinski definition) is 0. The van der Waals surface area contributed by atoms with E-state index in [1.807, 2.05) is 29.2 Å². The van der Waals surface area contributed by atoms with Crippen molar-refractivity contribution < 1.29 is 4.79 Å². The number of rotatable bonds is 2. The van der Waals surface area contributed by atoms with Crippen LogP contribution in [-0.2, 0) is 11.2 Å². The number of alkyl halides is 1. The van der Waals surface area contributed by atoms with Gasteiger partial charge in [-0.2, -0.15) is 0 Å². The van der Waals surface area contributed by atoms with Gasteiger partial charge in [0.2, 0.25) is 5.91 Å². The van der Waals surface area contributed by atoms with Gasteiger partial charge in [-0.3, -0.25) is 4.79 Å². The fourth-order valence-corrected chi connectivity index (χ4v) is 2.63. The van der Waals surface area contributed by atoms with E-state index in [2.05, 4.69) is 15.9 Å². The molecular formula is C13H15BrClNO. The third-order valence-electron chi connectivity index (χ3n) is 2.99. The van der Waals surface area contributed by atoms with Gasteiger partial charge in [0.25, 0.3) is 0 Å². The summed E-state index contributed by atoms with van der Waals surface area (Å²) in [5, 5.41) is 0.123. The van der Waals surface area contributed by atoms with Crippen molar-refractivity contribution in [2.24, 2.45) is 0 Å². The van der Waals surface area contributed by atoms with Crippen LogP contribution < -0.4 is 0 Å². The summed E-state index contributed by atoms with van der Waals surface area (Å²) in [5.74, 6) is 0.178. The predicted octanol–water partition coefficient (Wildman–Crippen LogP) is 3.22. The maximum Gasteiger partial charge on any atom is 0.227 e. The quantitative estimate of drug-likeness (QED) is 0.767. The standard InChI is InChI=1S/C13H15BrClNO/c14-11-5-3-10(4-6-11)8-13(17)16-7-1-2-12(15)9-16/h3-6,12H,1-2,7-9H2. The summed E-state index contributed by atoms with van der Waals surface area (Å²) in [6, 6.07) is 7.88. The molecule has 1 amide bonds. The Morgan fingerprint density at radius 1 is 1.41 bits per heavy atom. The molecule has 0 N–H and O–H groups in total. The highest BCUT2D eigenvalue weighted by Crippen LogP contribution is 2.17. The average Bonchev–Trinajstić information content (AvgIpc) is 2.32. The Labute approximate surface area is 115 Å². The summed E-state index contributed by atoms with van der Waals surface area (Å²) in [4.78, 5) is 13.9. The summed E-state index contributed by atoms with van der Waals surface area (Å²) in [7, 11) is 0. The first-order valence-corrected chi connectivity index (χ1v) is 7.04. The van der Waals surface area contributed by atoms with E-state index in [4.69, 9.17) is 11.6 Å².